The van der Waals surface area contributed by atoms with E-state index in [1.54, 1.807) is 0 Å². The van der Waals surface area contributed by atoms with Crippen LogP contribution in [0.3, 0.4) is 0 Å². The van der Waals surface area contributed by atoms with E-state index in [1.807, 2.05) is 0 Å². The van der Waals surface area contributed by atoms with E-state index in [0.29, 0.717) is 12.2 Å². The van der Waals surface area contributed by atoms with E-state index in [2.05, 4.69) is 24.5 Å². The first kappa shape index (κ1) is 10.0. The van der Waals surface area contributed by atoms with Crippen LogP contribution in [0.2, 0.25) is 0 Å². The molecule has 0 amide bonds. The second kappa shape index (κ2) is 5.55. The molecule has 1 rings (SSSR count). The van der Waals surface area contributed by atoms with Gasteiger partial charge in [0, 0.05) is 12.6 Å². The van der Waals surface area contributed by atoms with Crippen molar-refractivity contribution < 1.29 is 0 Å². The van der Waals surface area contributed by atoms with Crippen molar-refractivity contribution in [3.05, 3.63) is 0 Å². The topological polar surface area (TPSA) is 26.1 Å². The van der Waals surface area contributed by atoms with Gasteiger partial charge in [-0.3, -0.25) is 5.32 Å². The van der Waals surface area contributed by atoms with E-state index in [9.17, 15) is 0 Å². The molecule has 1 atom stereocenters. The molecule has 0 bridgehead atoms. The highest BCUT2D eigenvalue weighted by Crippen LogP contribution is 2.08. The number of rotatable bonds is 4. The van der Waals surface area contributed by atoms with Crippen LogP contribution in [-0.4, -0.2) is 18.8 Å². The Morgan fingerprint density at radius 3 is 2.58 bits per heavy atom. The van der Waals surface area contributed by atoms with Gasteiger partial charge in [-0.2, -0.15) is 0 Å². The van der Waals surface area contributed by atoms with Crippen LogP contribution in [0.15, 0.2) is 0 Å². The molecule has 12 heavy (non-hydrogen) atoms. The Morgan fingerprint density at radius 2 is 2.08 bits per heavy atom. The van der Waals surface area contributed by atoms with Crippen molar-refractivity contribution in [3.63, 3.8) is 0 Å². The SMILES string of the molecule is CCC(CC)NC1CCCC[N]1. The van der Waals surface area contributed by atoms with Gasteiger partial charge in [0.1, 0.15) is 0 Å². The van der Waals surface area contributed by atoms with Crippen LogP contribution >= 0.6 is 0 Å². The fraction of sp³-hybridized carbons (Fsp3) is 1.00. The van der Waals surface area contributed by atoms with Crippen molar-refractivity contribution in [3.8, 4) is 0 Å². The van der Waals surface area contributed by atoms with E-state index in [1.165, 1.54) is 32.1 Å². The molecular weight excluding hydrogens is 148 g/mol. The van der Waals surface area contributed by atoms with Gasteiger partial charge in [-0.25, -0.2) is 5.32 Å². The second-order valence-electron chi connectivity index (χ2n) is 3.60. The predicted octanol–water partition coefficient (Wildman–Crippen LogP) is 1.88. The second-order valence-corrected chi connectivity index (χ2v) is 3.60. The van der Waals surface area contributed by atoms with Gasteiger partial charge in [-0.05, 0) is 32.1 Å². The van der Waals surface area contributed by atoms with Crippen molar-refractivity contribution in [2.75, 3.05) is 6.54 Å². The third kappa shape index (κ3) is 3.11. The molecule has 1 saturated heterocycles. The quantitative estimate of drug-likeness (QED) is 0.683. The summed E-state index contributed by atoms with van der Waals surface area (Å²) in [5.74, 6) is 0. The van der Waals surface area contributed by atoms with Crippen LogP contribution in [-0.2, 0) is 0 Å². The molecule has 0 aromatic carbocycles. The largest absolute Gasteiger partial charge is 0.298 e. The van der Waals surface area contributed by atoms with Gasteiger partial charge in [-0.1, -0.05) is 13.8 Å². The zero-order valence-corrected chi connectivity index (χ0v) is 8.34. The van der Waals surface area contributed by atoms with Crippen LogP contribution in [0.5, 0.6) is 0 Å². The van der Waals surface area contributed by atoms with Crippen molar-refractivity contribution >= 4 is 0 Å². The van der Waals surface area contributed by atoms with Gasteiger partial charge in [0.15, 0.2) is 0 Å². The lowest BCUT2D eigenvalue weighted by atomic mass is 10.1. The normalized spacial score (nSPS) is 24.8. The average molecular weight is 169 g/mol. The minimum absolute atomic E-state index is 0.462. The standard InChI is InChI=1S/C10H21N2/c1-3-9(4-2)12-10-7-5-6-8-11-10/h9-10,12H,3-8H2,1-2H3. The maximum atomic E-state index is 4.55. The fourth-order valence-electron chi connectivity index (χ4n) is 1.72. The lowest BCUT2D eigenvalue weighted by Gasteiger charge is -2.27. The van der Waals surface area contributed by atoms with Crippen molar-refractivity contribution in [2.24, 2.45) is 0 Å². The Bertz CT molecular complexity index is 104. The molecule has 71 valence electrons. The first-order chi connectivity index (χ1) is 5.86. The number of nitrogens with one attached hydrogen (secondary N) is 1. The Labute approximate surface area is 76.1 Å². The average Bonchev–Trinajstić information content (AvgIpc) is 2.16. The summed E-state index contributed by atoms with van der Waals surface area (Å²) in [7, 11) is 0. The van der Waals surface area contributed by atoms with Crippen LogP contribution < -0.4 is 10.6 Å². The monoisotopic (exact) mass is 169 g/mol. The first-order valence-corrected chi connectivity index (χ1v) is 5.29. The lowest BCUT2D eigenvalue weighted by molar-refractivity contribution is 0.296. The number of hydrogen-bond acceptors (Lipinski definition) is 1. The molecule has 1 heterocycles. The number of nitrogens with zero attached hydrogens (tertiary/aromatic N) is 1. The van der Waals surface area contributed by atoms with Gasteiger partial charge < -0.3 is 0 Å². The summed E-state index contributed by atoms with van der Waals surface area (Å²) < 4.78 is 0. The van der Waals surface area contributed by atoms with Crippen molar-refractivity contribution in [1.29, 1.82) is 0 Å². The predicted molar refractivity (Wildman–Crippen MR) is 52.1 cm³/mol. The maximum absolute atomic E-state index is 4.55. The van der Waals surface area contributed by atoms with Gasteiger partial charge in [-0.15, -0.1) is 0 Å². The highest BCUT2D eigenvalue weighted by atomic mass is 15.1. The number of piperidine rings is 1. The Hall–Kier alpha value is -0.0800. The van der Waals surface area contributed by atoms with Crippen LogP contribution in [0.1, 0.15) is 46.0 Å². The van der Waals surface area contributed by atoms with E-state index < -0.39 is 0 Å². The van der Waals surface area contributed by atoms with Gasteiger partial charge in [0.25, 0.3) is 0 Å². The molecule has 0 aliphatic carbocycles. The van der Waals surface area contributed by atoms with E-state index in [-0.39, 0.29) is 0 Å². The van der Waals surface area contributed by atoms with E-state index in [0.717, 1.165) is 6.54 Å². The molecule has 1 fully saturated rings. The smallest absolute Gasteiger partial charge is 0.0737 e. The summed E-state index contributed by atoms with van der Waals surface area (Å²) in [6, 6.07) is 0.678. The first-order valence-electron chi connectivity index (χ1n) is 5.29. The van der Waals surface area contributed by atoms with Gasteiger partial charge in [0.05, 0.1) is 6.17 Å². The van der Waals surface area contributed by atoms with Crippen molar-refractivity contribution in [1.82, 2.24) is 10.6 Å². The summed E-state index contributed by atoms with van der Waals surface area (Å²) in [5.41, 5.74) is 0. The van der Waals surface area contributed by atoms with Gasteiger partial charge in [0.2, 0.25) is 0 Å². The Morgan fingerprint density at radius 1 is 1.33 bits per heavy atom. The molecule has 0 saturated carbocycles. The molecule has 1 aliphatic heterocycles. The minimum atomic E-state index is 0.462. The highest BCUT2D eigenvalue weighted by molar-refractivity contribution is 4.73. The van der Waals surface area contributed by atoms with Crippen LogP contribution in [0.25, 0.3) is 0 Å². The minimum Gasteiger partial charge on any atom is -0.298 e. The third-order valence-electron chi connectivity index (χ3n) is 2.65. The molecule has 0 aromatic heterocycles. The summed E-state index contributed by atoms with van der Waals surface area (Å²) in [5, 5.41) is 8.14. The van der Waals surface area contributed by atoms with Gasteiger partial charge >= 0.3 is 0 Å². The lowest BCUT2D eigenvalue weighted by Crippen LogP contribution is -2.45. The zero-order chi connectivity index (χ0) is 8.81. The molecular formula is C10H21N2. The summed E-state index contributed by atoms with van der Waals surface area (Å²) in [6.45, 7) is 5.55. The summed E-state index contributed by atoms with van der Waals surface area (Å²) in [4.78, 5) is 0. The highest BCUT2D eigenvalue weighted by Gasteiger charge is 2.15. The van der Waals surface area contributed by atoms with Crippen molar-refractivity contribution in [2.45, 2.75) is 58.2 Å². The summed E-state index contributed by atoms with van der Waals surface area (Å²) >= 11 is 0. The number of hydrogen-bond donors (Lipinski definition) is 1. The zero-order valence-electron chi connectivity index (χ0n) is 8.34. The molecule has 1 N–H and O–H groups in total. The third-order valence-corrected chi connectivity index (χ3v) is 2.65. The Kier molecular flexibility index (Phi) is 4.62. The fourth-order valence-corrected chi connectivity index (χ4v) is 1.72. The van der Waals surface area contributed by atoms with E-state index in [4.69, 9.17) is 0 Å². The Balaban J connectivity index is 2.18. The molecule has 2 heteroatoms. The van der Waals surface area contributed by atoms with Crippen LogP contribution in [0, 0.1) is 0 Å². The summed E-state index contributed by atoms with van der Waals surface area (Å²) in [6.07, 6.45) is 6.80. The molecule has 1 radical (unpaired) electrons. The maximum Gasteiger partial charge on any atom is 0.0737 e. The molecule has 0 aromatic rings. The molecule has 0 spiro atoms. The molecule has 1 aliphatic rings. The van der Waals surface area contributed by atoms with E-state index >= 15 is 0 Å². The molecule has 2 nitrogen and oxygen atoms in total. The van der Waals surface area contributed by atoms with Crippen LogP contribution in [0.4, 0.5) is 0 Å². The molecule has 1 unspecified atom stereocenters.